The predicted molar refractivity (Wildman–Crippen MR) is 85.2 cm³/mol. The fraction of sp³-hybridized carbons (Fsp3) is 0.438. The predicted octanol–water partition coefficient (Wildman–Crippen LogP) is 3.01. The van der Waals surface area contributed by atoms with E-state index >= 15 is 0 Å². The zero-order chi connectivity index (χ0) is 15.7. The van der Waals surface area contributed by atoms with Crippen molar-refractivity contribution in [3.05, 3.63) is 29.8 Å². The lowest BCUT2D eigenvalue weighted by Gasteiger charge is -2.06. The monoisotopic (exact) mass is 289 g/mol. The first-order chi connectivity index (χ1) is 10.1. The maximum Gasteiger partial charge on any atom is 0.329 e. The van der Waals surface area contributed by atoms with Crippen molar-refractivity contribution < 1.29 is 9.59 Å². The molecule has 0 aliphatic rings. The molecular formula is C16H23N3O2. The summed E-state index contributed by atoms with van der Waals surface area (Å²) in [6, 6.07) is 7.24. The SMILES string of the molecule is CCCC(CCC)=NNC(=O)C(=O)Nc1ccc(C)cc1. The Balaban J connectivity index is 2.55. The van der Waals surface area contributed by atoms with Gasteiger partial charge in [0.1, 0.15) is 0 Å². The molecule has 0 atom stereocenters. The first-order valence-electron chi connectivity index (χ1n) is 7.30. The number of carbonyl (C=O) groups excluding carboxylic acids is 2. The first-order valence-corrected chi connectivity index (χ1v) is 7.30. The van der Waals surface area contributed by atoms with Crippen LogP contribution in [0.25, 0.3) is 0 Å². The number of nitrogens with one attached hydrogen (secondary N) is 2. The summed E-state index contributed by atoms with van der Waals surface area (Å²) in [4.78, 5) is 23.4. The molecule has 1 rings (SSSR count). The van der Waals surface area contributed by atoms with Crippen molar-refractivity contribution in [3.63, 3.8) is 0 Å². The second-order valence-electron chi connectivity index (χ2n) is 4.94. The Kier molecular flexibility index (Phi) is 7.15. The van der Waals surface area contributed by atoms with Gasteiger partial charge in [-0.3, -0.25) is 9.59 Å². The van der Waals surface area contributed by atoms with E-state index in [1.165, 1.54) is 0 Å². The summed E-state index contributed by atoms with van der Waals surface area (Å²) in [5, 5.41) is 6.57. The van der Waals surface area contributed by atoms with Gasteiger partial charge in [0.2, 0.25) is 0 Å². The molecule has 1 aromatic rings. The minimum atomic E-state index is -0.750. The van der Waals surface area contributed by atoms with Crippen LogP contribution in [0.5, 0.6) is 0 Å². The second-order valence-corrected chi connectivity index (χ2v) is 4.94. The van der Waals surface area contributed by atoms with Crippen molar-refractivity contribution in [2.24, 2.45) is 5.10 Å². The Hall–Kier alpha value is -2.17. The summed E-state index contributed by atoms with van der Waals surface area (Å²) in [7, 11) is 0. The highest BCUT2D eigenvalue weighted by Gasteiger charge is 2.13. The van der Waals surface area contributed by atoms with Crippen molar-refractivity contribution in [3.8, 4) is 0 Å². The summed E-state index contributed by atoms with van der Waals surface area (Å²) in [5.74, 6) is -1.46. The number of amides is 2. The molecule has 1 aromatic carbocycles. The smallest absolute Gasteiger partial charge is 0.318 e. The summed E-state index contributed by atoms with van der Waals surface area (Å²) in [6.45, 7) is 6.06. The Morgan fingerprint density at radius 3 is 2.10 bits per heavy atom. The molecule has 0 saturated heterocycles. The average Bonchev–Trinajstić information content (AvgIpc) is 2.47. The first kappa shape index (κ1) is 16.9. The number of carbonyl (C=O) groups is 2. The normalized spacial score (nSPS) is 9.86. The molecule has 0 fully saturated rings. The van der Waals surface area contributed by atoms with Crippen molar-refractivity contribution in [2.75, 3.05) is 5.32 Å². The van der Waals surface area contributed by atoms with Crippen LogP contribution in [0.4, 0.5) is 5.69 Å². The number of anilines is 1. The van der Waals surface area contributed by atoms with E-state index in [1.807, 2.05) is 19.1 Å². The molecule has 0 aliphatic carbocycles. The number of hydrogen-bond donors (Lipinski definition) is 2. The molecule has 5 heteroatoms. The molecular weight excluding hydrogens is 266 g/mol. The van der Waals surface area contributed by atoms with E-state index in [0.29, 0.717) is 5.69 Å². The number of hydrogen-bond acceptors (Lipinski definition) is 3. The van der Waals surface area contributed by atoms with E-state index in [0.717, 1.165) is 37.0 Å². The maximum atomic E-state index is 11.7. The lowest BCUT2D eigenvalue weighted by molar-refractivity contribution is -0.136. The molecule has 0 spiro atoms. The number of nitrogens with zero attached hydrogens (tertiary/aromatic N) is 1. The third kappa shape index (κ3) is 6.21. The maximum absolute atomic E-state index is 11.7. The Morgan fingerprint density at radius 1 is 1.00 bits per heavy atom. The van der Waals surface area contributed by atoms with Gasteiger partial charge in [0.15, 0.2) is 0 Å². The quantitative estimate of drug-likeness (QED) is 0.480. The molecule has 21 heavy (non-hydrogen) atoms. The molecule has 0 bridgehead atoms. The highest BCUT2D eigenvalue weighted by molar-refractivity contribution is 6.39. The van der Waals surface area contributed by atoms with Crippen LogP contribution in [-0.2, 0) is 9.59 Å². The van der Waals surface area contributed by atoms with Crippen LogP contribution >= 0.6 is 0 Å². The van der Waals surface area contributed by atoms with Crippen molar-refractivity contribution in [1.82, 2.24) is 5.43 Å². The van der Waals surface area contributed by atoms with Crippen LogP contribution < -0.4 is 10.7 Å². The van der Waals surface area contributed by atoms with Crippen molar-refractivity contribution in [2.45, 2.75) is 46.5 Å². The standard InChI is InChI=1S/C16H23N3O2/c1-4-6-14(7-5-2)18-19-16(21)15(20)17-13-10-8-12(3)9-11-13/h8-11H,4-7H2,1-3H3,(H,17,20)(H,19,21). The van der Waals surface area contributed by atoms with Gasteiger partial charge < -0.3 is 5.32 Å². The zero-order valence-electron chi connectivity index (χ0n) is 12.9. The molecule has 2 N–H and O–H groups in total. The van der Waals surface area contributed by atoms with Gasteiger partial charge in [-0.2, -0.15) is 5.10 Å². The molecule has 2 amide bonds. The van der Waals surface area contributed by atoms with Crippen LogP contribution in [0.1, 0.15) is 45.1 Å². The van der Waals surface area contributed by atoms with E-state index in [1.54, 1.807) is 12.1 Å². The van der Waals surface area contributed by atoms with E-state index < -0.39 is 11.8 Å². The molecule has 0 unspecified atom stereocenters. The van der Waals surface area contributed by atoms with Gasteiger partial charge in [0, 0.05) is 11.4 Å². The fourth-order valence-electron chi connectivity index (χ4n) is 1.82. The van der Waals surface area contributed by atoms with Gasteiger partial charge in [-0.15, -0.1) is 0 Å². The van der Waals surface area contributed by atoms with Gasteiger partial charge in [0.25, 0.3) is 0 Å². The summed E-state index contributed by atoms with van der Waals surface area (Å²) in [6.07, 6.45) is 3.58. The molecule has 0 saturated carbocycles. The molecule has 0 aliphatic heterocycles. The average molecular weight is 289 g/mol. The number of hydrazone groups is 1. The molecule has 0 aromatic heterocycles. The highest BCUT2D eigenvalue weighted by atomic mass is 16.2. The molecule has 114 valence electrons. The lowest BCUT2D eigenvalue weighted by Crippen LogP contribution is -2.33. The Labute approximate surface area is 125 Å². The fourth-order valence-corrected chi connectivity index (χ4v) is 1.82. The summed E-state index contributed by atoms with van der Waals surface area (Å²) in [5.41, 5.74) is 4.91. The van der Waals surface area contributed by atoms with Crippen LogP contribution in [0.3, 0.4) is 0 Å². The largest absolute Gasteiger partial charge is 0.329 e. The number of aryl methyl sites for hydroxylation is 1. The third-order valence-corrected chi connectivity index (χ3v) is 2.91. The van der Waals surface area contributed by atoms with Gasteiger partial charge in [0.05, 0.1) is 0 Å². The zero-order valence-corrected chi connectivity index (χ0v) is 12.9. The lowest BCUT2D eigenvalue weighted by atomic mass is 10.1. The summed E-state index contributed by atoms with van der Waals surface area (Å²) < 4.78 is 0. The van der Waals surface area contributed by atoms with Gasteiger partial charge in [-0.1, -0.05) is 44.4 Å². The number of rotatable bonds is 6. The molecule has 0 heterocycles. The van der Waals surface area contributed by atoms with E-state index in [9.17, 15) is 9.59 Å². The van der Waals surface area contributed by atoms with E-state index in [4.69, 9.17) is 0 Å². The summed E-state index contributed by atoms with van der Waals surface area (Å²) >= 11 is 0. The molecule has 5 nitrogen and oxygen atoms in total. The minimum Gasteiger partial charge on any atom is -0.318 e. The van der Waals surface area contributed by atoms with E-state index in [-0.39, 0.29) is 0 Å². The highest BCUT2D eigenvalue weighted by Crippen LogP contribution is 2.08. The third-order valence-electron chi connectivity index (χ3n) is 2.91. The van der Waals surface area contributed by atoms with E-state index in [2.05, 4.69) is 29.7 Å². The number of benzene rings is 1. The van der Waals surface area contributed by atoms with Crippen LogP contribution in [0.15, 0.2) is 29.4 Å². The Morgan fingerprint density at radius 2 is 1.57 bits per heavy atom. The van der Waals surface area contributed by atoms with Gasteiger partial charge in [-0.25, -0.2) is 5.43 Å². The van der Waals surface area contributed by atoms with Gasteiger partial charge in [-0.05, 0) is 31.9 Å². The van der Waals surface area contributed by atoms with Crippen molar-refractivity contribution >= 4 is 23.2 Å². The molecule has 0 radical (unpaired) electrons. The van der Waals surface area contributed by atoms with Crippen LogP contribution in [-0.4, -0.2) is 17.5 Å². The minimum absolute atomic E-state index is 0.590. The Bertz CT molecular complexity index is 499. The van der Waals surface area contributed by atoms with Gasteiger partial charge >= 0.3 is 11.8 Å². The van der Waals surface area contributed by atoms with Crippen LogP contribution in [0.2, 0.25) is 0 Å². The van der Waals surface area contributed by atoms with Crippen molar-refractivity contribution in [1.29, 1.82) is 0 Å². The second kappa shape index (κ2) is 8.89. The topological polar surface area (TPSA) is 70.6 Å². The van der Waals surface area contributed by atoms with Crippen LogP contribution in [0, 0.1) is 6.92 Å².